The summed E-state index contributed by atoms with van der Waals surface area (Å²) >= 11 is 1.52. The number of thiazole rings is 1. The van der Waals surface area contributed by atoms with Crippen LogP contribution < -0.4 is 10.5 Å². The van der Waals surface area contributed by atoms with Crippen LogP contribution >= 0.6 is 11.3 Å². The van der Waals surface area contributed by atoms with Gasteiger partial charge < -0.3 is 5.73 Å². The quantitative estimate of drug-likeness (QED) is 0.828. The molecule has 5 nitrogen and oxygen atoms in total. The molecular weight excluding hydrogens is 294 g/mol. The first-order valence-electron chi connectivity index (χ1n) is 6.15. The standard InChI is InChI=1S/C13H17N3O2S2/c1-9-3-4-11(7-12(9)14)20(17,18)16-8-10(2)13-15-5-6-19-13/h3-7,10,16H,8,14H2,1-2H3. The molecule has 0 fully saturated rings. The van der Waals surface area contributed by atoms with E-state index in [9.17, 15) is 8.42 Å². The van der Waals surface area contributed by atoms with Gasteiger partial charge in [0.2, 0.25) is 10.0 Å². The fourth-order valence-corrected chi connectivity index (χ4v) is 3.53. The molecule has 0 saturated heterocycles. The van der Waals surface area contributed by atoms with E-state index in [1.54, 1.807) is 18.3 Å². The average Bonchev–Trinajstić information content (AvgIpc) is 2.93. The third-order valence-corrected chi connectivity index (χ3v) is 5.44. The minimum Gasteiger partial charge on any atom is -0.398 e. The first-order valence-corrected chi connectivity index (χ1v) is 8.51. The van der Waals surface area contributed by atoms with Crippen molar-refractivity contribution in [2.75, 3.05) is 12.3 Å². The Balaban J connectivity index is 2.09. The van der Waals surface area contributed by atoms with Crippen LogP contribution in [-0.2, 0) is 10.0 Å². The number of hydrogen-bond acceptors (Lipinski definition) is 5. The lowest BCUT2D eigenvalue weighted by atomic mass is 10.2. The summed E-state index contributed by atoms with van der Waals surface area (Å²) in [6, 6.07) is 4.74. The van der Waals surface area contributed by atoms with Gasteiger partial charge in [-0.25, -0.2) is 18.1 Å². The van der Waals surface area contributed by atoms with Crippen LogP contribution in [0.1, 0.15) is 23.4 Å². The summed E-state index contributed by atoms with van der Waals surface area (Å²) in [7, 11) is -3.54. The summed E-state index contributed by atoms with van der Waals surface area (Å²) in [5.41, 5.74) is 7.08. The maximum atomic E-state index is 12.2. The lowest BCUT2D eigenvalue weighted by Gasteiger charge is -2.11. The molecule has 3 N–H and O–H groups in total. The number of sulfonamides is 1. The Morgan fingerprint density at radius 2 is 2.20 bits per heavy atom. The number of aromatic nitrogens is 1. The Bertz CT molecular complexity index is 682. The molecule has 108 valence electrons. The Morgan fingerprint density at radius 1 is 1.45 bits per heavy atom. The van der Waals surface area contributed by atoms with Gasteiger partial charge in [0.05, 0.1) is 9.90 Å². The van der Waals surface area contributed by atoms with Crippen molar-refractivity contribution in [1.82, 2.24) is 9.71 Å². The minimum atomic E-state index is -3.54. The van der Waals surface area contributed by atoms with Crippen LogP contribution in [0.4, 0.5) is 5.69 Å². The predicted octanol–water partition coefficient (Wildman–Crippen LogP) is 2.12. The van der Waals surface area contributed by atoms with Crippen LogP contribution in [0.3, 0.4) is 0 Å². The number of nitrogens with one attached hydrogen (secondary N) is 1. The van der Waals surface area contributed by atoms with Gasteiger partial charge >= 0.3 is 0 Å². The van der Waals surface area contributed by atoms with Gasteiger partial charge in [-0.05, 0) is 24.6 Å². The van der Waals surface area contributed by atoms with Crippen LogP contribution in [0, 0.1) is 6.92 Å². The van der Waals surface area contributed by atoms with Crippen molar-refractivity contribution < 1.29 is 8.42 Å². The Kier molecular flexibility index (Phi) is 4.42. The highest BCUT2D eigenvalue weighted by atomic mass is 32.2. The van der Waals surface area contributed by atoms with Crippen molar-refractivity contribution in [3.8, 4) is 0 Å². The fraction of sp³-hybridized carbons (Fsp3) is 0.308. The molecule has 0 amide bonds. The molecule has 0 aliphatic carbocycles. The zero-order valence-corrected chi connectivity index (χ0v) is 13.0. The molecule has 1 unspecified atom stereocenters. The van der Waals surface area contributed by atoms with Gasteiger partial charge in [-0.1, -0.05) is 13.0 Å². The molecule has 1 heterocycles. The highest BCUT2D eigenvalue weighted by Crippen LogP contribution is 2.19. The van der Waals surface area contributed by atoms with Crippen LogP contribution in [0.2, 0.25) is 0 Å². The van der Waals surface area contributed by atoms with Crippen molar-refractivity contribution in [2.24, 2.45) is 0 Å². The maximum absolute atomic E-state index is 12.2. The van der Waals surface area contributed by atoms with Gasteiger partial charge in [0.15, 0.2) is 0 Å². The first-order chi connectivity index (χ1) is 9.40. The molecule has 2 aromatic rings. The number of benzene rings is 1. The maximum Gasteiger partial charge on any atom is 0.240 e. The van der Waals surface area contributed by atoms with E-state index in [-0.39, 0.29) is 10.8 Å². The third kappa shape index (κ3) is 3.36. The fourth-order valence-electron chi connectivity index (χ4n) is 1.67. The van der Waals surface area contributed by atoms with E-state index in [0.717, 1.165) is 10.6 Å². The molecule has 0 bridgehead atoms. The molecule has 1 atom stereocenters. The van der Waals surface area contributed by atoms with Crippen molar-refractivity contribution in [1.29, 1.82) is 0 Å². The van der Waals surface area contributed by atoms with Gasteiger partial charge in [0.25, 0.3) is 0 Å². The van der Waals surface area contributed by atoms with Crippen molar-refractivity contribution in [3.63, 3.8) is 0 Å². The summed E-state index contributed by atoms with van der Waals surface area (Å²) in [6.45, 7) is 4.08. The second kappa shape index (κ2) is 5.90. The normalized spacial score (nSPS) is 13.3. The molecule has 0 aliphatic rings. The topological polar surface area (TPSA) is 85.1 Å². The number of anilines is 1. The second-order valence-electron chi connectivity index (χ2n) is 4.64. The monoisotopic (exact) mass is 311 g/mol. The molecule has 0 spiro atoms. The first kappa shape index (κ1) is 15.0. The number of rotatable bonds is 5. The van der Waals surface area contributed by atoms with Crippen LogP contribution in [0.15, 0.2) is 34.7 Å². The molecule has 1 aromatic heterocycles. The molecule has 7 heteroatoms. The summed E-state index contributed by atoms with van der Waals surface area (Å²) in [5.74, 6) is 0.0348. The SMILES string of the molecule is Cc1ccc(S(=O)(=O)NCC(C)c2nccs2)cc1N. The van der Waals surface area contributed by atoms with Gasteiger partial charge in [-0.2, -0.15) is 0 Å². The Hall–Kier alpha value is -1.44. The van der Waals surface area contributed by atoms with E-state index in [2.05, 4.69) is 9.71 Å². The highest BCUT2D eigenvalue weighted by molar-refractivity contribution is 7.89. The summed E-state index contributed by atoms with van der Waals surface area (Å²) in [6.07, 6.45) is 1.71. The van der Waals surface area contributed by atoms with Gasteiger partial charge in [-0.15, -0.1) is 11.3 Å². The summed E-state index contributed by atoms with van der Waals surface area (Å²) < 4.78 is 27.0. The Morgan fingerprint density at radius 3 is 2.80 bits per heavy atom. The predicted molar refractivity (Wildman–Crippen MR) is 81.3 cm³/mol. The highest BCUT2D eigenvalue weighted by Gasteiger charge is 2.17. The summed E-state index contributed by atoms with van der Waals surface area (Å²) in [5, 5.41) is 2.79. The zero-order chi connectivity index (χ0) is 14.8. The van der Waals surface area contributed by atoms with Crippen molar-refractivity contribution in [3.05, 3.63) is 40.3 Å². The van der Waals surface area contributed by atoms with E-state index in [4.69, 9.17) is 5.73 Å². The van der Waals surface area contributed by atoms with E-state index in [1.165, 1.54) is 17.4 Å². The minimum absolute atomic E-state index is 0.0348. The number of aryl methyl sites for hydroxylation is 1. The molecule has 0 saturated carbocycles. The van der Waals surface area contributed by atoms with Gasteiger partial charge in [0.1, 0.15) is 0 Å². The second-order valence-corrected chi connectivity index (χ2v) is 7.33. The largest absolute Gasteiger partial charge is 0.398 e. The smallest absolute Gasteiger partial charge is 0.240 e. The number of nitrogens with two attached hydrogens (primary N) is 1. The van der Waals surface area contributed by atoms with E-state index in [1.807, 2.05) is 19.2 Å². The van der Waals surface area contributed by atoms with E-state index >= 15 is 0 Å². The molecule has 2 rings (SSSR count). The number of nitrogen functional groups attached to an aromatic ring is 1. The van der Waals surface area contributed by atoms with Crippen LogP contribution in [0.5, 0.6) is 0 Å². The molecule has 1 aromatic carbocycles. The third-order valence-electron chi connectivity index (χ3n) is 3.01. The van der Waals surface area contributed by atoms with Crippen molar-refractivity contribution in [2.45, 2.75) is 24.7 Å². The molecular formula is C13H17N3O2S2. The summed E-state index contributed by atoms with van der Waals surface area (Å²) in [4.78, 5) is 4.37. The van der Waals surface area contributed by atoms with Crippen LogP contribution in [-0.4, -0.2) is 19.9 Å². The molecule has 20 heavy (non-hydrogen) atoms. The lowest BCUT2D eigenvalue weighted by molar-refractivity contribution is 0.574. The van der Waals surface area contributed by atoms with Gasteiger partial charge in [0, 0.05) is 29.7 Å². The lowest BCUT2D eigenvalue weighted by Crippen LogP contribution is -2.27. The molecule has 0 aliphatic heterocycles. The van der Waals surface area contributed by atoms with Crippen LogP contribution in [0.25, 0.3) is 0 Å². The number of hydrogen-bond donors (Lipinski definition) is 2. The Labute approximate surface area is 122 Å². The average molecular weight is 311 g/mol. The molecule has 0 radical (unpaired) electrons. The van der Waals surface area contributed by atoms with Crippen molar-refractivity contribution >= 4 is 27.0 Å². The number of nitrogens with zero attached hydrogens (tertiary/aromatic N) is 1. The van der Waals surface area contributed by atoms with E-state index in [0.29, 0.717) is 12.2 Å². The van der Waals surface area contributed by atoms with Gasteiger partial charge in [-0.3, -0.25) is 0 Å². The zero-order valence-electron chi connectivity index (χ0n) is 11.3. The van der Waals surface area contributed by atoms with E-state index < -0.39 is 10.0 Å².